The summed E-state index contributed by atoms with van der Waals surface area (Å²) in [5.41, 5.74) is 4.38. The molecule has 0 heterocycles. The smallest absolute Gasteiger partial charge is 0.166 e. The molecular weight excluding hydrogens is 429 g/mol. The van der Waals surface area contributed by atoms with E-state index in [2.05, 4.69) is 48.6 Å². The van der Waals surface area contributed by atoms with E-state index in [9.17, 15) is 13.2 Å². The first kappa shape index (κ1) is 20.7. The van der Waals surface area contributed by atoms with E-state index < -0.39 is 11.7 Å². The molecule has 0 bridgehead atoms. The normalized spacial score (nSPS) is 17.6. The molecule has 2 aliphatic rings. The van der Waals surface area contributed by atoms with E-state index in [1.54, 1.807) is 6.07 Å². The van der Waals surface area contributed by atoms with Crippen LogP contribution < -0.4 is 0 Å². The summed E-state index contributed by atoms with van der Waals surface area (Å²) in [5, 5.41) is 4.00. The Bertz CT molecular complexity index is 1500. The highest BCUT2D eigenvalue weighted by atomic mass is 19.4. The lowest BCUT2D eigenvalue weighted by Crippen LogP contribution is -2.09. The fourth-order valence-electron chi connectivity index (χ4n) is 5.31. The maximum absolute atomic E-state index is 13.6. The second-order valence-electron chi connectivity index (χ2n) is 8.78. The molecule has 2 aliphatic carbocycles. The number of allylic oxidation sites excluding steroid dienone is 8. The summed E-state index contributed by atoms with van der Waals surface area (Å²) < 4.78 is 40.7. The Morgan fingerprint density at radius 3 is 1.97 bits per heavy atom. The molecule has 4 aromatic rings. The molecule has 3 heteroatoms. The maximum atomic E-state index is 13.6. The number of hydrogen-bond acceptors (Lipinski definition) is 0. The molecule has 0 aromatic heterocycles. The maximum Gasteiger partial charge on any atom is 0.416 e. The van der Waals surface area contributed by atoms with Crippen LogP contribution in [0.25, 0.3) is 38.2 Å². The lowest BCUT2D eigenvalue weighted by molar-refractivity contribution is -0.137. The Morgan fingerprint density at radius 2 is 1.32 bits per heavy atom. The third-order valence-electron chi connectivity index (χ3n) is 6.80. The van der Waals surface area contributed by atoms with Crippen LogP contribution in [0.1, 0.15) is 17.5 Å². The zero-order valence-electron chi connectivity index (χ0n) is 18.3. The van der Waals surface area contributed by atoms with Crippen molar-refractivity contribution < 1.29 is 13.2 Å². The molecule has 0 radical (unpaired) electrons. The van der Waals surface area contributed by atoms with Gasteiger partial charge in [-0.05, 0) is 67.9 Å². The molecule has 6 rings (SSSR count). The quantitative estimate of drug-likeness (QED) is 0.267. The van der Waals surface area contributed by atoms with Crippen LogP contribution in [0.4, 0.5) is 13.2 Å². The molecular formula is C31H21F3. The van der Waals surface area contributed by atoms with E-state index in [1.807, 2.05) is 36.4 Å². The zero-order chi connectivity index (χ0) is 23.3. The summed E-state index contributed by atoms with van der Waals surface area (Å²) in [6.45, 7) is 0. The Morgan fingerprint density at radius 1 is 0.676 bits per heavy atom. The molecule has 166 valence electrons. The standard InChI is InChI=1S/C31H21F3/c32-31(33,34)22-12-7-11-21(19-22)29-25-14-3-5-16-27(25)30(28-17-6-4-15-26(28)29)24-18-8-10-20-9-1-2-13-23(20)24/h1-8,10-20H,9H2. The topological polar surface area (TPSA) is 0 Å². The molecule has 1 atom stereocenters. The van der Waals surface area contributed by atoms with Gasteiger partial charge in [0.25, 0.3) is 0 Å². The van der Waals surface area contributed by atoms with Gasteiger partial charge in [0, 0.05) is 5.92 Å². The fourth-order valence-corrected chi connectivity index (χ4v) is 5.31. The van der Waals surface area contributed by atoms with Gasteiger partial charge in [-0.25, -0.2) is 0 Å². The van der Waals surface area contributed by atoms with Gasteiger partial charge in [-0.3, -0.25) is 0 Å². The van der Waals surface area contributed by atoms with E-state index in [0.29, 0.717) is 11.5 Å². The van der Waals surface area contributed by atoms with Crippen molar-refractivity contribution in [3.63, 3.8) is 0 Å². The van der Waals surface area contributed by atoms with Crippen LogP contribution >= 0.6 is 0 Å². The Labute approximate surface area is 196 Å². The van der Waals surface area contributed by atoms with Gasteiger partial charge in [0.05, 0.1) is 5.56 Å². The van der Waals surface area contributed by atoms with Gasteiger partial charge in [-0.15, -0.1) is 0 Å². The highest BCUT2D eigenvalue weighted by molar-refractivity contribution is 6.20. The zero-order valence-corrected chi connectivity index (χ0v) is 18.3. The number of rotatable bonds is 2. The minimum absolute atomic E-state index is 0.339. The summed E-state index contributed by atoms with van der Waals surface area (Å²) in [4.78, 5) is 0. The first-order valence-corrected chi connectivity index (χ1v) is 11.4. The lowest BCUT2D eigenvalue weighted by Gasteiger charge is -2.27. The third-order valence-corrected chi connectivity index (χ3v) is 6.80. The van der Waals surface area contributed by atoms with Crippen molar-refractivity contribution in [3.05, 3.63) is 126 Å². The van der Waals surface area contributed by atoms with Gasteiger partial charge in [0.15, 0.2) is 0 Å². The molecule has 0 N–H and O–H groups in total. The van der Waals surface area contributed by atoms with Gasteiger partial charge in [0.1, 0.15) is 0 Å². The van der Waals surface area contributed by atoms with E-state index in [0.717, 1.165) is 45.2 Å². The average molecular weight is 451 g/mol. The molecule has 0 aliphatic heterocycles. The van der Waals surface area contributed by atoms with E-state index >= 15 is 0 Å². The van der Waals surface area contributed by atoms with Crippen molar-refractivity contribution in [2.75, 3.05) is 0 Å². The molecule has 0 amide bonds. The van der Waals surface area contributed by atoms with E-state index in [1.165, 1.54) is 23.3 Å². The summed E-state index contributed by atoms with van der Waals surface area (Å²) >= 11 is 0. The number of halogens is 3. The average Bonchev–Trinajstić information content (AvgIpc) is 2.86. The second kappa shape index (κ2) is 7.88. The first-order chi connectivity index (χ1) is 16.5. The van der Waals surface area contributed by atoms with Crippen LogP contribution in [-0.4, -0.2) is 0 Å². The second-order valence-corrected chi connectivity index (χ2v) is 8.78. The SMILES string of the molecule is FC(F)(F)c1cccc(-c2c3ccccc3c(C3=CC=CC4CC=CC=C34)c3ccccc23)c1. The van der Waals surface area contributed by atoms with Crippen LogP contribution in [0.15, 0.2) is 115 Å². The van der Waals surface area contributed by atoms with Crippen LogP contribution in [0, 0.1) is 5.92 Å². The van der Waals surface area contributed by atoms with Crippen molar-refractivity contribution in [2.24, 2.45) is 5.92 Å². The largest absolute Gasteiger partial charge is 0.416 e. The Kier molecular flexibility index (Phi) is 4.80. The number of fused-ring (bicyclic) bond motifs is 3. The predicted molar refractivity (Wildman–Crippen MR) is 134 cm³/mol. The van der Waals surface area contributed by atoms with Gasteiger partial charge in [-0.1, -0.05) is 97.1 Å². The molecule has 1 unspecified atom stereocenters. The van der Waals surface area contributed by atoms with Crippen molar-refractivity contribution >= 4 is 27.1 Å². The highest BCUT2D eigenvalue weighted by Gasteiger charge is 2.31. The van der Waals surface area contributed by atoms with Crippen LogP contribution in [0.5, 0.6) is 0 Å². The molecule has 34 heavy (non-hydrogen) atoms. The fraction of sp³-hybridized carbons (Fsp3) is 0.0968. The summed E-state index contributed by atoms with van der Waals surface area (Å²) in [6, 6.07) is 21.8. The monoisotopic (exact) mass is 450 g/mol. The van der Waals surface area contributed by atoms with Gasteiger partial charge in [0.2, 0.25) is 0 Å². The number of hydrogen-bond donors (Lipinski definition) is 0. The summed E-state index contributed by atoms with van der Waals surface area (Å²) in [7, 11) is 0. The number of benzene rings is 4. The van der Waals surface area contributed by atoms with Gasteiger partial charge < -0.3 is 0 Å². The molecule has 0 saturated heterocycles. The van der Waals surface area contributed by atoms with Crippen molar-refractivity contribution in [2.45, 2.75) is 12.6 Å². The van der Waals surface area contributed by atoms with Gasteiger partial charge in [-0.2, -0.15) is 13.2 Å². The third kappa shape index (κ3) is 3.31. The molecule has 0 fully saturated rings. The molecule has 0 saturated carbocycles. The van der Waals surface area contributed by atoms with Crippen LogP contribution in [-0.2, 0) is 6.18 Å². The summed E-state index contributed by atoms with van der Waals surface area (Å²) in [5.74, 6) is 0.339. The molecule has 4 aromatic carbocycles. The lowest BCUT2D eigenvalue weighted by atomic mass is 9.77. The van der Waals surface area contributed by atoms with E-state index in [-0.39, 0.29) is 0 Å². The van der Waals surface area contributed by atoms with Crippen LogP contribution in [0.2, 0.25) is 0 Å². The highest BCUT2D eigenvalue weighted by Crippen LogP contribution is 2.46. The minimum Gasteiger partial charge on any atom is -0.166 e. The minimum atomic E-state index is -4.39. The Hall–Kier alpha value is -3.85. The summed E-state index contributed by atoms with van der Waals surface area (Å²) in [6.07, 6.45) is 9.59. The predicted octanol–water partition coefficient (Wildman–Crippen LogP) is 9.13. The van der Waals surface area contributed by atoms with Crippen molar-refractivity contribution in [1.29, 1.82) is 0 Å². The number of alkyl halides is 3. The molecule has 0 nitrogen and oxygen atoms in total. The van der Waals surface area contributed by atoms with Crippen molar-refractivity contribution in [3.8, 4) is 11.1 Å². The van der Waals surface area contributed by atoms with E-state index in [4.69, 9.17) is 0 Å². The van der Waals surface area contributed by atoms with Crippen molar-refractivity contribution in [1.82, 2.24) is 0 Å². The first-order valence-electron chi connectivity index (χ1n) is 11.4. The van der Waals surface area contributed by atoms with Gasteiger partial charge >= 0.3 is 6.18 Å². The Balaban J connectivity index is 1.72. The van der Waals surface area contributed by atoms with Crippen LogP contribution in [0.3, 0.4) is 0 Å². The molecule has 0 spiro atoms.